The molecule has 2 aliphatic heterocycles. The Hall–Kier alpha value is -3.67. The fraction of sp³-hybridized carbons (Fsp3) is 0.125. The lowest BCUT2D eigenvalue weighted by atomic mass is 9.63. The number of hydrazine groups is 1. The molecule has 5 nitrogen and oxygen atoms in total. The third kappa shape index (κ3) is 2.40. The highest BCUT2D eigenvalue weighted by Gasteiger charge is 2.38. The first kappa shape index (κ1) is 17.2. The maximum absolute atomic E-state index is 6.01. The van der Waals surface area contributed by atoms with Gasteiger partial charge in [-0.3, -0.25) is 5.01 Å². The van der Waals surface area contributed by atoms with Gasteiger partial charge in [-0.1, -0.05) is 37.2 Å². The van der Waals surface area contributed by atoms with Crippen molar-refractivity contribution in [3.05, 3.63) is 83.6 Å². The molecule has 2 aromatic carbocycles. The SMILES string of the molecule is CB1C=c2oc3ncccc3c2=CN1N1c2ccccc2N(c2ccccc2)[C@@H]1C. The van der Waals surface area contributed by atoms with Crippen LogP contribution in [-0.4, -0.2) is 22.9 Å². The van der Waals surface area contributed by atoms with Gasteiger partial charge in [0.1, 0.15) is 11.6 Å². The fourth-order valence-corrected chi connectivity index (χ4v) is 4.66. The van der Waals surface area contributed by atoms with E-state index in [-0.39, 0.29) is 13.0 Å². The van der Waals surface area contributed by atoms with Crippen LogP contribution in [0.4, 0.5) is 17.1 Å². The van der Waals surface area contributed by atoms with Crippen LogP contribution in [0.2, 0.25) is 6.82 Å². The van der Waals surface area contributed by atoms with Crippen LogP contribution in [0.15, 0.2) is 77.3 Å². The summed E-state index contributed by atoms with van der Waals surface area (Å²) in [7, 11) is 0. The van der Waals surface area contributed by atoms with E-state index in [1.165, 1.54) is 17.1 Å². The quantitative estimate of drug-likeness (QED) is 0.486. The lowest BCUT2D eigenvalue weighted by molar-refractivity contribution is 0.495. The summed E-state index contributed by atoms with van der Waals surface area (Å²) in [6.45, 7) is 4.59. The first-order valence-corrected chi connectivity index (χ1v) is 10.3. The smallest absolute Gasteiger partial charge is 0.306 e. The normalized spacial score (nSPS) is 17.6. The van der Waals surface area contributed by atoms with Crippen molar-refractivity contribution in [1.82, 2.24) is 9.90 Å². The first-order chi connectivity index (χ1) is 14.7. The Bertz CT molecular complexity index is 1370. The summed E-state index contributed by atoms with van der Waals surface area (Å²) in [6.07, 6.45) is 4.10. The molecule has 4 heterocycles. The molecule has 0 spiro atoms. The minimum absolute atomic E-state index is 0.120. The molecule has 6 heteroatoms. The molecule has 0 saturated carbocycles. The molecule has 0 unspecified atom stereocenters. The molecule has 0 amide bonds. The minimum Gasteiger partial charge on any atom is -0.439 e. The number of aromatic nitrogens is 1. The van der Waals surface area contributed by atoms with Crippen molar-refractivity contribution in [3.63, 3.8) is 0 Å². The third-order valence-electron chi connectivity index (χ3n) is 6.00. The summed E-state index contributed by atoms with van der Waals surface area (Å²) < 4.78 is 6.01. The summed E-state index contributed by atoms with van der Waals surface area (Å²) in [4.78, 5) is 9.09. The van der Waals surface area contributed by atoms with E-state index < -0.39 is 0 Å². The minimum atomic E-state index is 0.120. The van der Waals surface area contributed by atoms with Gasteiger partial charge in [0.15, 0.2) is 0 Å². The topological polar surface area (TPSA) is 35.8 Å². The van der Waals surface area contributed by atoms with E-state index >= 15 is 0 Å². The lowest BCUT2D eigenvalue weighted by Crippen LogP contribution is -2.55. The van der Waals surface area contributed by atoms with E-state index in [2.05, 4.69) is 106 Å². The van der Waals surface area contributed by atoms with Gasteiger partial charge in [0.25, 0.3) is 0 Å². The second-order valence-electron chi connectivity index (χ2n) is 7.82. The monoisotopic (exact) mass is 392 g/mol. The summed E-state index contributed by atoms with van der Waals surface area (Å²) >= 11 is 0. The van der Waals surface area contributed by atoms with Gasteiger partial charge in [0.2, 0.25) is 5.71 Å². The Morgan fingerprint density at radius 1 is 0.933 bits per heavy atom. The van der Waals surface area contributed by atoms with Crippen molar-refractivity contribution < 1.29 is 4.42 Å². The number of hydrogen-bond donors (Lipinski definition) is 0. The average Bonchev–Trinajstić information content (AvgIpc) is 3.27. The largest absolute Gasteiger partial charge is 0.439 e. The van der Waals surface area contributed by atoms with E-state index in [1.54, 1.807) is 6.20 Å². The number of pyridine rings is 1. The fourth-order valence-electron chi connectivity index (χ4n) is 4.66. The highest BCUT2D eigenvalue weighted by Crippen LogP contribution is 2.44. The van der Waals surface area contributed by atoms with Gasteiger partial charge < -0.3 is 14.2 Å². The van der Waals surface area contributed by atoms with E-state index in [9.17, 15) is 0 Å². The average molecular weight is 392 g/mol. The molecule has 30 heavy (non-hydrogen) atoms. The second kappa shape index (κ2) is 6.42. The molecule has 0 bridgehead atoms. The van der Waals surface area contributed by atoms with E-state index in [0.717, 1.165) is 16.0 Å². The van der Waals surface area contributed by atoms with E-state index in [1.807, 2.05) is 6.07 Å². The molecule has 2 aromatic heterocycles. The van der Waals surface area contributed by atoms with Crippen LogP contribution in [0.1, 0.15) is 6.92 Å². The molecule has 4 aromatic rings. The molecule has 6 rings (SSSR count). The van der Waals surface area contributed by atoms with Crippen LogP contribution >= 0.6 is 0 Å². The summed E-state index contributed by atoms with van der Waals surface area (Å²) in [5.41, 5.74) is 5.17. The predicted octanol–water partition coefficient (Wildman–Crippen LogP) is 3.74. The Kier molecular flexibility index (Phi) is 3.69. The van der Waals surface area contributed by atoms with E-state index in [4.69, 9.17) is 4.42 Å². The zero-order valence-electron chi connectivity index (χ0n) is 16.9. The van der Waals surface area contributed by atoms with Gasteiger partial charge in [-0.25, -0.2) is 4.98 Å². The zero-order chi connectivity index (χ0) is 20.2. The van der Waals surface area contributed by atoms with Gasteiger partial charge in [-0.2, -0.15) is 0 Å². The number of anilines is 3. The van der Waals surface area contributed by atoms with Crippen LogP contribution in [-0.2, 0) is 0 Å². The van der Waals surface area contributed by atoms with Crippen molar-refractivity contribution in [2.45, 2.75) is 19.9 Å². The molecular weight excluding hydrogens is 371 g/mol. The number of rotatable bonds is 2. The van der Waals surface area contributed by atoms with E-state index in [0.29, 0.717) is 5.71 Å². The third-order valence-corrected chi connectivity index (χ3v) is 6.00. The Labute approximate surface area is 175 Å². The number of hydrogen-bond acceptors (Lipinski definition) is 5. The first-order valence-electron chi connectivity index (χ1n) is 10.3. The van der Waals surface area contributed by atoms with Gasteiger partial charge >= 0.3 is 6.85 Å². The molecule has 0 N–H and O–H groups in total. The van der Waals surface area contributed by atoms with Crippen LogP contribution in [0.3, 0.4) is 0 Å². The molecule has 1 atom stereocenters. The van der Waals surface area contributed by atoms with Crippen molar-refractivity contribution in [2.24, 2.45) is 0 Å². The second-order valence-corrected chi connectivity index (χ2v) is 7.82. The van der Waals surface area contributed by atoms with Crippen LogP contribution in [0.25, 0.3) is 23.3 Å². The van der Waals surface area contributed by atoms with Crippen molar-refractivity contribution in [1.29, 1.82) is 0 Å². The van der Waals surface area contributed by atoms with Crippen LogP contribution in [0.5, 0.6) is 0 Å². The van der Waals surface area contributed by atoms with Crippen molar-refractivity contribution in [3.8, 4) is 0 Å². The summed E-state index contributed by atoms with van der Waals surface area (Å²) in [5.74, 6) is 2.18. The van der Waals surface area contributed by atoms with Crippen LogP contribution in [0, 0.1) is 0 Å². The molecule has 0 fully saturated rings. The zero-order valence-corrected chi connectivity index (χ0v) is 16.9. The predicted molar refractivity (Wildman–Crippen MR) is 123 cm³/mol. The Balaban J connectivity index is 1.52. The van der Waals surface area contributed by atoms with Crippen molar-refractivity contribution >= 4 is 47.2 Å². The van der Waals surface area contributed by atoms with Crippen LogP contribution < -0.4 is 20.5 Å². The van der Waals surface area contributed by atoms with Gasteiger partial charge in [-0.15, -0.1) is 0 Å². The standard InChI is InChI=1S/C24H21BN4O/c1-17-28(18-9-4-3-5-10-18)21-12-6-7-13-22(21)29(17)27-16-20-19-11-8-14-26-24(19)30-23(20)15-25(27)2/h3-17H,1-2H3/t17-/m0/s1. The summed E-state index contributed by atoms with van der Waals surface area (Å²) in [5, 5.41) is 4.50. The van der Waals surface area contributed by atoms with Gasteiger partial charge in [-0.05, 0) is 49.3 Å². The summed E-state index contributed by atoms with van der Waals surface area (Å²) in [6, 6.07) is 23.2. The molecular formula is C24H21BN4O. The molecule has 0 aliphatic carbocycles. The highest BCUT2D eigenvalue weighted by atomic mass is 16.3. The van der Waals surface area contributed by atoms with Crippen molar-refractivity contribution in [2.75, 3.05) is 9.91 Å². The number of para-hydroxylation sites is 3. The lowest BCUT2D eigenvalue weighted by Gasteiger charge is -2.40. The Morgan fingerprint density at radius 2 is 1.70 bits per heavy atom. The number of fused-ring (bicyclic) bond motifs is 4. The number of nitrogens with zero attached hydrogens (tertiary/aromatic N) is 4. The van der Waals surface area contributed by atoms with Gasteiger partial charge in [0, 0.05) is 28.7 Å². The maximum Gasteiger partial charge on any atom is 0.306 e. The Morgan fingerprint density at radius 3 is 2.53 bits per heavy atom. The molecule has 2 aliphatic rings. The molecule has 146 valence electrons. The molecule has 0 saturated heterocycles. The van der Waals surface area contributed by atoms with Gasteiger partial charge in [0.05, 0.1) is 11.4 Å². The highest BCUT2D eigenvalue weighted by molar-refractivity contribution is 6.70. The maximum atomic E-state index is 6.01. The molecule has 0 radical (unpaired) electrons. The number of furan rings is 1. The number of benzene rings is 2.